The molecule has 6 heteroatoms. The molecule has 0 heterocycles. The van der Waals surface area contributed by atoms with Crippen LogP contribution in [0.3, 0.4) is 0 Å². The van der Waals surface area contributed by atoms with Crippen molar-refractivity contribution < 1.29 is 28.6 Å². The topological polar surface area (TPSA) is 78.9 Å². The second-order valence-electron chi connectivity index (χ2n) is 18.4. The molecular weight excluding hydrogens is 889 g/mol. The molecular formula is C66H104O6. The third-order valence-electron chi connectivity index (χ3n) is 11.6. The first-order chi connectivity index (χ1) is 35.5. The Bertz CT molecular complexity index is 1610. The van der Waals surface area contributed by atoms with E-state index in [9.17, 15) is 14.4 Å². The number of hydrogen-bond acceptors (Lipinski definition) is 6. The summed E-state index contributed by atoms with van der Waals surface area (Å²) in [7, 11) is 0. The largest absolute Gasteiger partial charge is 0.462 e. The maximum atomic E-state index is 12.8. The zero-order chi connectivity index (χ0) is 52.2. The van der Waals surface area contributed by atoms with E-state index in [1.165, 1.54) is 32.1 Å². The van der Waals surface area contributed by atoms with Crippen LogP contribution in [0.25, 0.3) is 0 Å². The quantitative estimate of drug-likeness (QED) is 0.0261. The summed E-state index contributed by atoms with van der Waals surface area (Å²) in [4.78, 5) is 38.0. The van der Waals surface area contributed by atoms with Crippen molar-refractivity contribution in [1.82, 2.24) is 0 Å². The maximum Gasteiger partial charge on any atom is 0.306 e. The van der Waals surface area contributed by atoms with Crippen LogP contribution in [-0.2, 0) is 28.6 Å². The zero-order valence-corrected chi connectivity index (χ0v) is 46.1. The predicted molar refractivity (Wildman–Crippen MR) is 311 cm³/mol. The Hall–Kier alpha value is -4.71. The van der Waals surface area contributed by atoms with Crippen LogP contribution in [0, 0.1) is 0 Å². The van der Waals surface area contributed by atoms with Crippen LogP contribution in [0.15, 0.2) is 146 Å². The molecule has 0 aromatic heterocycles. The van der Waals surface area contributed by atoms with E-state index >= 15 is 0 Å². The van der Waals surface area contributed by atoms with E-state index in [0.29, 0.717) is 19.3 Å². The molecule has 0 spiro atoms. The zero-order valence-electron chi connectivity index (χ0n) is 46.1. The van der Waals surface area contributed by atoms with Crippen LogP contribution in [0.4, 0.5) is 0 Å². The number of carbonyl (C=O) groups excluding carboxylic acids is 3. The number of ether oxygens (including phenoxy) is 3. The molecule has 1 unspecified atom stereocenters. The molecule has 0 aliphatic rings. The Morgan fingerprint density at radius 3 is 0.861 bits per heavy atom. The van der Waals surface area contributed by atoms with Crippen LogP contribution >= 0.6 is 0 Å². The Kier molecular flexibility index (Phi) is 55.0. The molecule has 0 radical (unpaired) electrons. The molecule has 72 heavy (non-hydrogen) atoms. The van der Waals surface area contributed by atoms with E-state index < -0.39 is 6.10 Å². The number of unbranched alkanes of at least 4 members (excludes halogenated alkanes) is 15. The fourth-order valence-electron chi connectivity index (χ4n) is 7.33. The van der Waals surface area contributed by atoms with Crippen LogP contribution in [0.2, 0.25) is 0 Å². The molecule has 0 amide bonds. The van der Waals surface area contributed by atoms with Gasteiger partial charge in [0.15, 0.2) is 6.10 Å². The average molecular weight is 994 g/mol. The first kappa shape index (κ1) is 67.3. The first-order valence-electron chi connectivity index (χ1n) is 28.8. The Labute approximate surface area is 442 Å². The summed E-state index contributed by atoms with van der Waals surface area (Å²) < 4.78 is 16.8. The molecule has 6 nitrogen and oxygen atoms in total. The normalized spacial score (nSPS) is 13.2. The smallest absolute Gasteiger partial charge is 0.306 e. The van der Waals surface area contributed by atoms with Crippen LogP contribution in [0.5, 0.6) is 0 Å². The lowest BCUT2D eigenvalue weighted by Gasteiger charge is -2.18. The van der Waals surface area contributed by atoms with Gasteiger partial charge in [0.05, 0.1) is 0 Å². The molecule has 0 saturated carbocycles. The maximum absolute atomic E-state index is 12.8. The number of hydrogen-bond donors (Lipinski definition) is 0. The standard InChI is InChI=1S/C66H104O6/c1-4-7-10-13-16-19-21-23-25-27-29-31-32-33-34-36-37-39-41-43-45-47-50-53-56-59-65(68)71-62-63(61-70-64(67)58-55-52-49-18-15-12-9-6-3)72-66(69)60-57-54-51-48-46-44-42-40-38-35-30-28-26-24-22-20-17-14-11-8-5-2/h7-8,10-11,16-17,19-20,23-26,29-31,33-35,37,39-40,42-43,45,63H,4-6,9,12-15,18,21-22,27-28,32,36,38,41,44,46-62H2,1-3H3/b10-7-,11-8-,19-16-,20-17-,25-23-,26-24-,31-29-,34-33-,35-30-,39-37-,42-40-,45-43-. The van der Waals surface area contributed by atoms with E-state index in [-0.39, 0.29) is 31.1 Å². The third-order valence-corrected chi connectivity index (χ3v) is 11.6. The monoisotopic (exact) mass is 993 g/mol. The number of carbonyl (C=O) groups is 3. The number of esters is 3. The van der Waals surface area contributed by atoms with Crippen molar-refractivity contribution in [2.75, 3.05) is 13.2 Å². The Morgan fingerprint density at radius 2 is 0.542 bits per heavy atom. The molecule has 0 N–H and O–H groups in total. The summed E-state index contributed by atoms with van der Waals surface area (Å²) in [6, 6.07) is 0. The van der Waals surface area contributed by atoms with E-state index in [0.717, 1.165) is 161 Å². The molecule has 0 aromatic rings. The number of rotatable bonds is 50. The van der Waals surface area contributed by atoms with Gasteiger partial charge in [-0.25, -0.2) is 0 Å². The Balaban J connectivity index is 4.39. The van der Waals surface area contributed by atoms with Crippen molar-refractivity contribution in [3.8, 4) is 0 Å². The fourth-order valence-corrected chi connectivity index (χ4v) is 7.33. The SMILES string of the molecule is CC/C=C\C/C=C\C/C=C\C/C=C\C/C=C\C/C=C\C/C=C\CCCCCC(=O)OCC(COC(=O)CCCCCCCCCC)OC(=O)CCCCCCC/C=C\C/C=C\C/C=C\C/C=C\C/C=C\CC. The molecule has 0 aliphatic heterocycles. The predicted octanol–water partition coefficient (Wildman–Crippen LogP) is 19.6. The molecule has 0 fully saturated rings. The van der Waals surface area contributed by atoms with Crippen molar-refractivity contribution in [2.45, 2.75) is 239 Å². The lowest BCUT2D eigenvalue weighted by molar-refractivity contribution is -0.167. The average Bonchev–Trinajstić information content (AvgIpc) is 3.38. The van der Waals surface area contributed by atoms with Crippen LogP contribution in [-0.4, -0.2) is 37.2 Å². The lowest BCUT2D eigenvalue weighted by atomic mass is 10.1. The molecule has 404 valence electrons. The van der Waals surface area contributed by atoms with Crippen molar-refractivity contribution in [3.63, 3.8) is 0 Å². The highest BCUT2D eigenvalue weighted by atomic mass is 16.6. The summed E-state index contributed by atoms with van der Waals surface area (Å²) in [5.41, 5.74) is 0. The highest BCUT2D eigenvalue weighted by Crippen LogP contribution is 2.13. The second-order valence-corrected chi connectivity index (χ2v) is 18.4. The molecule has 0 saturated heterocycles. The fraction of sp³-hybridized carbons (Fsp3) is 0.591. The second kappa shape index (κ2) is 58.9. The van der Waals surface area contributed by atoms with Gasteiger partial charge >= 0.3 is 17.9 Å². The summed E-state index contributed by atoms with van der Waals surface area (Å²) in [5, 5.41) is 0. The van der Waals surface area contributed by atoms with Gasteiger partial charge in [0.1, 0.15) is 13.2 Å². The van der Waals surface area contributed by atoms with Gasteiger partial charge in [-0.3, -0.25) is 14.4 Å². The summed E-state index contributed by atoms with van der Waals surface area (Å²) in [6.07, 6.45) is 84.2. The van der Waals surface area contributed by atoms with Gasteiger partial charge in [-0.05, 0) is 122 Å². The van der Waals surface area contributed by atoms with E-state index in [4.69, 9.17) is 14.2 Å². The van der Waals surface area contributed by atoms with Gasteiger partial charge in [-0.2, -0.15) is 0 Å². The van der Waals surface area contributed by atoms with Gasteiger partial charge in [-0.15, -0.1) is 0 Å². The highest BCUT2D eigenvalue weighted by molar-refractivity contribution is 5.71. The van der Waals surface area contributed by atoms with Crippen LogP contribution < -0.4 is 0 Å². The first-order valence-corrected chi connectivity index (χ1v) is 28.8. The van der Waals surface area contributed by atoms with E-state index in [2.05, 4.69) is 167 Å². The molecule has 0 bridgehead atoms. The third kappa shape index (κ3) is 56.2. The van der Waals surface area contributed by atoms with Crippen molar-refractivity contribution in [2.24, 2.45) is 0 Å². The minimum atomic E-state index is -0.807. The minimum absolute atomic E-state index is 0.102. The van der Waals surface area contributed by atoms with Gasteiger partial charge in [-0.1, -0.05) is 237 Å². The molecule has 1 atom stereocenters. The van der Waals surface area contributed by atoms with Gasteiger partial charge < -0.3 is 14.2 Å². The summed E-state index contributed by atoms with van der Waals surface area (Å²) >= 11 is 0. The van der Waals surface area contributed by atoms with Crippen molar-refractivity contribution in [1.29, 1.82) is 0 Å². The van der Waals surface area contributed by atoms with Gasteiger partial charge in [0, 0.05) is 19.3 Å². The van der Waals surface area contributed by atoms with Crippen LogP contribution in [0.1, 0.15) is 233 Å². The Morgan fingerprint density at radius 1 is 0.292 bits per heavy atom. The van der Waals surface area contributed by atoms with E-state index in [1.807, 2.05) is 0 Å². The minimum Gasteiger partial charge on any atom is -0.462 e. The highest BCUT2D eigenvalue weighted by Gasteiger charge is 2.19. The number of allylic oxidation sites excluding steroid dienone is 24. The molecule has 0 rings (SSSR count). The van der Waals surface area contributed by atoms with E-state index in [1.54, 1.807) is 0 Å². The van der Waals surface area contributed by atoms with Gasteiger partial charge in [0.2, 0.25) is 0 Å². The van der Waals surface area contributed by atoms with Gasteiger partial charge in [0.25, 0.3) is 0 Å². The van der Waals surface area contributed by atoms with Crippen molar-refractivity contribution in [3.05, 3.63) is 146 Å². The lowest BCUT2D eigenvalue weighted by Crippen LogP contribution is -2.30. The summed E-state index contributed by atoms with van der Waals surface area (Å²) in [6.45, 7) is 6.32. The van der Waals surface area contributed by atoms with Crippen molar-refractivity contribution >= 4 is 17.9 Å². The molecule has 0 aliphatic carbocycles. The molecule has 0 aromatic carbocycles. The summed E-state index contributed by atoms with van der Waals surface area (Å²) in [5.74, 6) is -0.966.